The van der Waals surface area contributed by atoms with Gasteiger partial charge in [0.25, 0.3) is 11.7 Å². The Hall–Kier alpha value is -4.53. The van der Waals surface area contributed by atoms with Crippen LogP contribution in [0.5, 0.6) is 5.75 Å². The number of anilines is 2. The molecule has 0 saturated heterocycles. The molecule has 4 rings (SSSR count). The first-order valence-corrected chi connectivity index (χ1v) is 12.1. The van der Waals surface area contributed by atoms with Crippen molar-refractivity contribution in [2.45, 2.75) is 26.4 Å². The highest BCUT2D eigenvalue weighted by atomic mass is 19.1. The summed E-state index contributed by atoms with van der Waals surface area (Å²) in [6.45, 7) is 3.18. The number of Topliss-reactive ketones (excluding diaryl/α,β-unsaturated/α-hetero) is 1. The zero-order valence-electron chi connectivity index (χ0n) is 21.3. The molecule has 1 atom stereocenters. The Kier molecular flexibility index (Phi) is 7.85. The van der Waals surface area contributed by atoms with Gasteiger partial charge in [-0.25, -0.2) is 4.39 Å². The van der Waals surface area contributed by atoms with Crippen LogP contribution in [0, 0.1) is 11.7 Å². The van der Waals surface area contributed by atoms with E-state index in [9.17, 15) is 23.6 Å². The molecule has 9 heteroatoms. The van der Waals surface area contributed by atoms with Crippen LogP contribution in [0.25, 0.3) is 0 Å². The van der Waals surface area contributed by atoms with Crippen LogP contribution in [0.2, 0.25) is 0 Å². The van der Waals surface area contributed by atoms with Crippen molar-refractivity contribution in [2.24, 2.45) is 5.92 Å². The number of carbonyl (C=O) groups excluding carboxylic acids is 4. The summed E-state index contributed by atoms with van der Waals surface area (Å²) in [4.78, 5) is 55.0. The van der Waals surface area contributed by atoms with Gasteiger partial charge >= 0.3 is 0 Å². The van der Waals surface area contributed by atoms with E-state index in [1.165, 1.54) is 35.2 Å². The van der Waals surface area contributed by atoms with Crippen molar-refractivity contribution in [2.75, 3.05) is 23.9 Å². The molecular formula is C29H28FN3O5. The van der Waals surface area contributed by atoms with Gasteiger partial charge in [-0.2, -0.15) is 0 Å². The van der Waals surface area contributed by atoms with Crippen LogP contribution in [0.1, 0.15) is 29.8 Å². The van der Waals surface area contributed by atoms with E-state index in [0.717, 1.165) is 4.90 Å². The smallest absolute Gasteiger partial charge is 0.299 e. The summed E-state index contributed by atoms with van der Waals surface area (Å²) in [6, 6.07) is 17.9. The number of para-hydroxylation sites is 1. The lowest BCUT2D eigenvalue weighted by molar-refractivity contribution is -0.140. The van der Waals surface area contributed by atoms with E-state index in [0.29, 0.717) is 22.7 Å². The topological polar surface area (TPSA) is 96.0 Å². The normalized spacial score (nSPS) is 13.3. The van der Waals surface area contributed by atoms with Gasteiger partial charge in [0.15, 0.2) is 0 Å². The molecular weight excluding hydrogens is 489 g/mol. The second-order valence-electron chi connectivity index (χ2n) is 9.29. The molecule has 0 aromatic heterocycles. The van der Waals surface area contributed by atoms with E-state index in [1.54, 1.807) is 49.6 Å². The Labute approximate surface area is 220 Å². The molecule has 1 aliphatic rings. The van der Waals surface area contributed by atoms with E-state index in [2.05, 4.69) is 5.32 Å². The number of hydrogen-bond donors (Lipinski definition) is 1. The maximum absolute atomic E-state index is 13.8. The van der Waals surface area contributed by atoms with E-state index < -0.39 is 41.9 Å². The maximum Gasteiger partial charge on any atom is 0.299 e. The van der Waals surface area contributed by atoms with Crippen molar-refractivity contribution >= 4 is 34.9 Å². The average Bonchev–Trinajstić information content (AvgIpc) is 3.14. The zero-order valence-corrected chi connectivity index (χ0v) is 21.3. The highest BCUT2D eigenvalue weighted by molar-refractivity contribution is 6.52. The molecule has 8 nitrogen and oxygen atoms in total. The fourth-order valence-electron chi connectivity index (χ4n) is 4.45. The van der Waals surface area contributed by atoms with Gasteiger partial charge < -0.3 is 15.0 Å². The Morgan fingerprint density at radius 1 is 0.974 bits per heavy atom. The summed E-state index contributed by atoms with van der Waals surface area (Å²) < 4.78 is 18.7. The first-order chi connectivity index (χ1) is 18.2. The minimum Gasteiger partial charge on any atom is -0.497 e. The van der Waals surface area contributed by atoms with Crippen LogP contribution in [-0.2, 0) is 20.9 Å². The summed E-state index contributed by atoms with van der Waals surface area (Å²) in [6.07, 6.45) is 0. The van der Waals surface area contributed by atoms with Crippen LogP contribution in [0.15, 0.2) is 72.8 Å². The van der Waals surface area contributed by atoms with Crippen LogP contribution >= 0.6 is 0 Å². The highest BCUT2D eigenvalue weighted by Gasteiger charge is 2.39. The van der Waals surface area contributed by atoms with Crippen LogP contribution in [0.4, 0.5) is 15.8 Å². The molecule has 0 fully saturated rings. The van der Waals surface area contributed by atoms with Crippen molar-refractivity contribution in [1.29, 1.82) is 0 Å². The summed E-state index contributed by atoms with van der Waals surface area (Å²) in [7, 11) is 1.54. The van der Waals surface area contributed by atoms with Gasteiger partial charge in [0.2, 0.25) is 11.8 Å². The lowest BCUT2D eigenvalue weighted by Gasteiger charge is -2.34. The molecule has 1 heterocycles. The van der Waals surface area contributed by atoms with Gasteiger partial charge in [-0.3, -0.25) is 24.1 Å². The number of ketones is 1. The largest absolute Gasteiger partial charge is 0.497 e. The predicted octanol–water partition coefficient (Wildman–Crippen LogP) is 4.06. The number of ether oxygens (including phenoxy) is 1. The predicted molar refractivity (Wildman–Crippen MR) is 140 cm³/mol. The average molecular weight is 518 g/mol. The number of nitrogens with zero attached hydrogens (tertiary/aromatic N) is 2. The molecule has 0 radical (unpaired) electrons. The third-order valence-corrected chi connectivity index (χ3v) is 6.35. The second-order valence-corrected chi connectivity index (χ2v) is 9.29. The maximum atomic E-state index is 13.8. The van der Waals surface area contributed by atoms with Gasteiger partial charge in [-0.1, -0.05) is 38.1 Å². The third-order valence-electron chi connectivity index (χ3n) is 6.35. The van der Waals surface area contributed by atoms with E-state index >= 15 is 0 Å². The van der Waals surface area contributed by atoms with Crippen molar-refractivity contribution < 1.29 is 28.3 Å². The van der Waals surface area contributed by atoms with Crippen molar-refractivity contribution in [3.8, 4) is 5.75 Å². The van der Waals surface area contributed by atoms with Gasteiger partial charge in [-0.05, 0) is 60.0 Å². The minimum absolute atomic E-state index is 0.00435. The molecule has 0 unspecified atom stereocenters. The lowest BCUT2D eigenvalue weighted by atomic mass is 10.00. The fraction of sp³-hybridized carbons (Fsp3) is 0.241. The fourth-order valence-corrected chi connectivity index (χ4v) is 4.45. The molecule has 1 N–H and O–H groups in total. The molecule has 0 saturated carbocycles. The molecule has 3 aromatic carbocycles. The molecule has 0 aliphatic carbocycles. The second kappa shape index (κ2) is 11.2. The molecule has 0 spiro atoms. The zero-order chi connectivity index (χ0) is 27.4. The van der Waals surface area contributed by atoms with E-state index in [4.69, 9.17) is 4.74 Å². The van der Waals surface area contributed by atoms with Gasteiger partial charge in [0.05, 0.1) is 18.4 Å². The van der Waals surface area contributed by atoms with Crippen molar-refractivity contribution in [3.63, 3.8) is 0 Å². The molecule has 0 bridgehead atoms. The monoisotopic (exact) mass is 517 g/mol. The third kappa shape index (κ3) is 5.56. The number of rotatable bonds is 9. The number of nitrogens with one attached hydrogen (secondary N) is 1. The number of hydrogen-bond acceptors (Lipinski definition) is 5. The number of amides is 3. The summed E-state index contributed by atoms with van der Waals surface area (Å²) >= 11 is 0. The minimum atomic E-state index is -0.932. The summed E-state index contributed by atoms with van der Waals surface area (Å²) in [5.41, 5.74) is 1.70. The molecule has 1 aliphatic heterocycles. The SMILES string of the molecule is COc1ccc(NC(=O)[C@H](C(C)C)N(Cc2ccc(F)cc2)C(=O)CN2C(=O)C(=O)c3ccccc32)cc1. The summed E-state index contributed by atoms with van der Waals surface area (Å²) in [5, 5.41) is 2.85. The first-order valence-electron chi connectivity index (χ1n) is 12.1. The standard InChI is InChI=1S/C29H28FN3O5/c1-18(2)26(28(36)31-21-12-14-22(38-3)15-13-21)33(16-19-8-10-20(30)11-9-19)25(34)17-32-24-7-5-4-6-23(24)27(35)29(32)37/h4-15,18,26H,16-17H2,1-3H3,(H,31,36)/t26-/m0/s1. The highest BCUT2D eigenvalue weighted by Crippen LogP contribution is 2.29. The Morgan fingerprint density at radius 2 is 1.63 bits per heavy atom. The van der Waals surface area contributed by atoms with Crippen LogP contribution < -0.4 is 15.0 Å². The van der Waals surface area contributed by atoms with E-state index in [1.807, 2.05) is 13.8 Å². The number of benzene rings is 3. The number of halogens is 1. The molecule has 196 valence electrons. The van der Waals surface area contributed by atoms with Gasteiger partial charge in [0.1, 0.15) is 24.2 Å². The quantitative estimate of drug-likeness (QED) is 0.432. The Morgan fingerprint density at radius 3 is 2.26 bits per heavy atom. The van der Waals surface area contributed by atoms with Gasteiger partial charge in [0, 0.05) is 12.2 Å². The first kappa shape index (κ1) is 26.5. The molecule has 38 heavy (non-hydrogen) atoms. The Bertz CT molecular complexity index is 1360. The van der Waals surface area contributed by atoms with E-state index in [-0.39, 0.29) is 18.0 Å². The van der Waals surface area contributed by atoms with Crippen molar-refractivity contribution in [1.82, 2.24) is 4.90 Å². The molecule has 3 amide bonds. The number of fused-ring (bicyclic) bond motifs is 1. The number of methoxy groups -OCH3 is 1. The number of carbonyl (C=O) groups is 4. The van der Waals surface area contributed by atoms with Crippen LogP contribution in [-0.4, -0.2) is 48.1 Å². The Balaban J connectivity index is 1.64. The molecule has 3 aromatic rings. The van der Waals surface area contributed by atoms with Crippen molar-refractivity contribution in [3.05, 3.63) is 89.7 Å². The lowest BCUT2D eigenvalue weighted by Crippen LogP contribution is -2.53. The summed E-state index contributed by atoms with van der Waals surface area (Å²) in [5.74, 6) is -2.56. The van der Waals surface area contributed by atoms with Crippen LogP contribution in [0.3, 0.4) is 0 Å². The van der Waals surface area contributed by atoms with Gasteiger partial charge in [-0.15, -0.1) is 0 Å².